The number of hydrogen-bond donors (Lipinski definition) is 0. The third kappa shape index (κ3) is 12.9. The summed E-state index contributed by atoms with van der Waals surface area (Å²) in [5.41, 5.74) is 0.501. The average molecular weight is 338 g/mol. The monoisotopic (exact) mass is 338 g/mol. The fourth-order valence-electron chi connectivity index (χ4n) is 2.42. The molecule has 0 N–H and O–H groups in total. The molecule has 0 aromatic rings. The van der Waals surface area contributed by atoms with E-state index in [0.717, 1.165) is 31.3 Å². The van der Waals surface area contributed by atoms with Crippen LogP contribution in [0.5, 0.6) is 0 Å². The summed E-state index contributed by atoms with van der Waals surface area (Å²) in [6.45, 7) is 13.1. The van der Waals surface area contributed by atoms with Crippen molar-refractivity contribution in [3.63, 3.8) is 0 Å². The zero-order valence-electron chi connectivity index (χ0n) is 16.3. The fraction of sp³-hybridized carbons (Fsp3) is 0.700. The first-order chi connectivity index (χ1) is 11.0. The van der Waals surface area contributed by atoms with Crippen molar-refractivity contribution in [2.45, 2.75) is 85.9 Å². The van der Waals surface area contributed by atoms with Crippen molar-refractivity contribution < 1.29 is 19.1 Å². The van der Waals surface area contributed by atoms with Gasteiger partial charge in [0, 0.05) is 13.0 Å². The molecule has 0 fully saturated rings. The molecule has 0 aliphatic carbocycles. The largest absolute Gasteiger partial charge is 0.460 e. The predicted molar refractivity (Wildman–Crippen MR) is 97.6 cm³/mol. The van der Waals surface area contributed by atoms with Crippen LogP contribution in [0.15, 0.2) is 23.8 Å². The van der Waals surface area contributed by atoms with Crippen LogP contribution in [0.3, 0.4) is 0 Å². The number of rotatable bonds is 10. The number of carbonyl (C=O) groups excluding carboxylic acids is 2. The molecule has 0 aromatic carbocycles. The molecule has 138 valence electrons. The second-order valence-electron chi connectivity index (χ2n) is 7.36. The number of carbonyl (C=O) groups is 2. The Morgan fingerprint density at radius 2 is 1.75 bits per heavy atom. The maximum Gasteiger partial charge on any atom is 0.331 e. The van der Waals surface area contributed by atoms with Crippen LogP contribution in [0.4, 0.5) is 0 Å². The van der Waals surface area contributed by atoms with E-state index >= 15 is 0 Å². The molecule has 24 heavy (non-hydrogen) atoms. The highest BCUT2D eigenvalue weighted by Crippen LogP contribution is 2.21. The van der Waals surface area contributed by atoms with Gasteiger partial charge in [-0.05, 0) is 65.4 Å². The summed E-state index contributed by atoms with van der Waals surface area (Å²) in [6.07, 6.45) is 9.39. The average Bonchev–Trinajstić information content (AvgIpc) is 2.35. The van der Waals surface area contributed by atoms with Gasteiger partial charge in [-0.25, -0.2) is 4.79 Å². The van der Waals surface area contributed by atoms with Gasteiger partial charge in [0.1, 0.15) is 5.60 Å². The van der Waals surface area contributed by atoms with Gasteiger partial charge in [0.25, 0.3) is 0 Å². The molecule has 0 aliphatic heterocycles. The highest BCUT2D eigenvalue weighted by atomic mass is 16.6. The van der Waals surface area contributed by atoms with E-state index in [2.05, 4.69) is 13.0 Å². The quantitative estimate of drug-likeness (QED) is 0.320. The molecule has 0 aliphatic rings. The van der Waals surface area contributed by atoms with Crippen molar-refractivity contribution >= 4 is 11.9 Å². The predicted octanol–water partition coefficient (Wildman–Crippen LogP) is 4.98. The molecule has 0 rings (SSSR count). The first-order valence-corrected chi connectivity index (χ1v) is 8.77. The van der Waals surface area contributed by atoms with E-state index in [9.17, 15) is 9.59 Å². The Labute approximate surface area is 147 Å². The summed E-state index contributed by atoms with van der Waals surface area (Å²) < 4.78 is 10.4. The molecular formula is C20H34O4. The summed E-state index contributed by atoms with van der Waals surface area (Å²) >= 11 is 0. The van der Waals surface area contributed by atoms with E-state index in [4.69, 9.17) is 9.47 Å². The Morgan fingerprint density at radius 3 is 2.29 bits per heavy atom. The van der Waals surface area contributed by atoms with E-state index in [-0.39, 0.29) is 18.0 Å². The van der Waals surface area contributed by atoms with Crippen molar-refractivity contribution in [3.05, 3.63) is 23.8 Å². The van der Waals surface area contributed by atoms with Crippen molar-refractivity contribution in [1.29, 1.82) is 0 Å². The van der Waals surface area contributed by atoms with Crippen LogP contribution in [-0.2, 0) is 19.1 Å². The standard InChI is InChI=1S/C20H34O4/c1-15(2)23-19(22)14-17(4)11-8-10-16(3)12-9-13-20(6,7)24-18(5)21/h8,11,14-16H,9-10,12-13H2,1-7H3/b11-8+,17-14+. The molecule has 0 saturated heterocycles. The maximum absolute atomic E-state index is 11.5. The van der Waals surface area contributed by atoms with Gasteiger partial charge in [-0.1, -0.05) is 25.5 Å². The fourth-order valence-corrected chi connectivity index (χ4v) is 2.42. The summed E-state index contributed by atoms with van der Waals surface area (Å²) in [7, 11) is 0. The Morgan fingerprint density at radius 1 is 1.12 bits per heavy atom. The van der Waals surface area contributed by atoms with Gasteiger partial charge in [0.2, 0.25) is 0 Å². The van der Waals surface area contributed by atoms with Crippen LogP contribution in [0.25, 0.3) is 0 Å². The van der Waals surface area contributed by atoms with Gasteiger partial charge < -0.3 is 9.47 Å². The van der Waals surface area contributed by atoms with Crippen LogP contribution < -0.4 is 0 Å². The van der Waals surface area contributed by atoms with Gasteiger partial charge in [-0.2, -0.15) is 0 Å². The Bertz CT molecular complexity index is 458. The normalized spacial score (nSPS) is 14.1. The zero-order chi connectivity index (χ0) is 18.8. The lowest BCUT2D eigenvalue weighted by molar-refractivity contribution is -0.154. The summed E-state index contributed by atoms with van der Waals surface area (Å²) in [5, 5.41) is 0. The summed E-state index contributed by atoms with van der Waals surface area (Å²) in [6, 6.07) is 0. The van der Waals surface area contributed by atoms with E-state index in [1.165, 1.54) is 13.0 Å². The van der Waals surface area contributed by atoms with Crippen LogP contribution in [0.2, 0.25) is 0 Å². The van der Waals surface area contributed by atoms with Crippen LogP contribution in [-0.4, -0.2) is 23.6 Å². The molecule has 0 saturated carbocycles. The molecule has 0 amide bonds. The summed E-state index contributed by atoms with van der Waals surface area (Å²) in [5.74, 6) is 0.0203. The van der Waals surface area contributed by atoms with Gasteiger partial charge in [-0.15, -0.1) is 0 Å². The lowest BCUT2D eigenvalue weighted by Crippen LogP contribution is -2.26. The lowest BCUT2D eigenvalue weighted by Gasteiger charge is -2.24. The minimum absolute atomic E-state index is 0.0956. The van der Waals surface area contributed by atoms with E-state index in [1.54, 1.807) is 0 Å². The van der Waals surface area contributed by atoms with E-state index in [1.807, 2.05) is 40.7 Å². The topological polar surface area (TPSA) is 52.6 Å². The molecule has 0 spiro atoms. The minimum atomic E-state index is -0.391. The number of hydrogen-bond acceptors (Lipinski definition) is 4. The Kier molecular flexibility index (Phi) is 10.3. The molecular weight excluding hydrogens is 304 g/mol. The van der Waals surface area contributed by atoms with E-state index < -0.39 is 5.60 Å². The third-order valence-electron chi connectivity index (χ3n) is 3.51. The molecule has 4 nitrogen and oxygen atoms in total. The van der Waals surface area contributed by atoms with Crippen LogP contribution in [0, 0.1) is 5.92 Å². The highest BCUT2D eigenvalue weighted by Gasteiger charge is 2.20. The van der Waals surface area contributed by atoms with Crippen LogP contribution >= 0.6 is 0 Å². The second-order valence-corrected chi connectivity index (χ2v) is 7.36. The van der Waals surface area contributed by atoms with Gasteiger partial charge in [-0.3, -0.25) is 4.79 Å². The number of allylic oxidation sites excluding steroid dienone is 3. The summed E-state index contributed by atoms with van der Waals surface area (Å²) in [4.78, 5) is 22.5. The van der Waals surface area contributed by atoms with E-state index in [0.29, 0.717) is 5.92 Å². The van der Waals surface area contributed by atoms with Gasteiger partial charge in [0.15, 0.2) is 0 Å². The van der Waals surface area contributed by atoms with Crippen molar-refractivity contribution in [2.24, 2.45) is 5.92 Å². The third-order valence-corrected chi connectivity index (χ3v) is 3.51. The molecule has 0 heterocycles. The molecule has 0 radical (unpaired) electrons. The Hall–Kier alpha value is -1.58. The maximum atomic E-state index is 11.5. The molecule has 1 atom stereocenters. The van der Waals surface area contributed by atoms with Crippen molar-refractivity contribution in [3.8, 4) is 0 Å². The second kappa shape index (κ2) is 11.1. The van der Waals surface area contributed by atoms with Crippen molar-refractivity contribution in [2.75, 3.05) is 0 Å². The van der Waals surface area contributed by atoms with Crippen LogP contribution in [0.1, 0.15) is 74.1 Å². The number of ether oxygens (including phenoxy) is 2. The minimum Gasteiger partial charge on any atom is -0.460 e. The lowest BCUT2D eigenvalue weighted by atomic mass is 9.94. The first kappa shape index (κ1) is 22.4. The number of esters is 2. The zero-order valence-corrected chi connectivity index (χ0v) is 16.3. The molecule has 4 heteroatoms. The smallest absolute Gasteiger partial charge is 0.331 e. The SMILES string of the molecule is CC(=O)OC(C)(C)CCCC(C)C/C=C/C(C)=C/C(=O)OC(C)C. The van der Waals surface area contributed by atoms with Crippen molar-refractivity contribution in [1.82, 2.24) is 0 Å². The molecule has 0 bridgehead atoms. The first-order valence-electron chi connectivity index (χ1n) is 8.77. The molecule has 1 unspecified atom stereocenters. The van der Waals surface area contributed by atoms with Gasteiger partial charge in [0.05, 0.1) is 6.10 Å². The molecule has 0 aromatic heterocycles. The highest BCUT2D eigenvalue weighted by molar-refractivity contribution is 5.83. The van der Waals surface area contributed by atoms with Gasteiger partial charge >= 0.3 is 11.9 Å². The Balaban J connectivity index is 4.12.